The number of carbonyl (C=O) groups is 1. The SMILES string of the molecule is Cc1ccc(NC(=O)c2cnc(N3CCCCCC3)nc2)cc1Br. The molecule has 0 bridgehead atoms. The van der Waals surface area contributed by atoms with E-state index in [1.807, 2.05) is 25.1 Å². The first-order valence-corrected chi connectivity index (χ1v) is 9.07. The van der Waals surface area contributed by atoms with E-state index in [9.17, 15) is 4.79 Å². The van der Waals surface area contributed by atoms with Crippen LogP contribution >= 0.6 is 15.9 Å². The van der Waals surface area contributed by atoms with Gasteiger partial charge in [-0.15, -0.1) is 0 Å². The molecule has 1 aromatic carbocycles. The van der Waals surface area contributed by atoms with Crippen molar-refractivity contribution < 1.29 is 4.79 Å². The van der Waals surface area contributed by atoms with E-state index in [1.165, 1.54) is 25.7 Å². The number of aryl methyl sites for hydroxylation is 1. The van der Waals surface area contributed by atoms with Crippen molar-refractivity contribution in [2.75, 3.05) is 23.3 Å². The van der Waals surface area contributed by atoms with Crippen LogP contribution in [0.5, 0.6) is 0 Å². The number of carbonyl (C=O) groups excluding carboxylic acids is 1. The summed E-state index contributed by atoms with van der Waals surface area (Å²) in [6, 6.07) is 5.72. The molecular formula is C18H21BrN4O. The van der Waals surface area contributed by atoms with Gasteiger partial charge in [0.25, 0.3) is 5.91 Å². The molecule has 0 radical (unpaired) electrons. The maximum Gasteiger partial charge on any atom is 0.258 e. The largest absolute Gasteiger partial charge is 0.341 e. The lowest BCUT2D eigenvalue weighted by Gasteiger charge is -2.19. The van der Waals surface area contributed by atoms with Gasteiger partial charge in [-0.1, -0.05) is 34.8 Å². The van der Waals surface area contributed by atoms with Crippen molar-refractivity contribution in [3.63, 3.8) is 0 Å². The average molecular weight is 389 g/mol. The molecule has 2 heterocycles. The van der Waals surface area contributed by atoms with Gasteiger partial charge >= 0.3 is 0 Å². The normalized spacial score (nSPS) is 15.0. The Balaban J connectivity index is 1.68. The Hall–Kier alpha value is -1.95. The molecule has 0 spiro atoms. The Kier molecular flexibility index (Phi) is 5.45. The number of amides is 1. The van der Waals surface area contributed by atoms with Gasteiger partial charge in [0.05, 0.1) is 5.56 Å². The van der Waals surface area contributed by atoms with Crippen LogP contribution in [0, 0.1) is 6.92 Å². The van der Waals surface area contributed by atoms with Crippen molar-refractivity contribution in [2.45, 2.75) is 32.6 Å². The quantitative estimate of drug-likeness (QED) is 0.856. The average Bonchev–Trinajstić information content (AvgIpc) is 2.88. The van der Waals surface area contributed by atoms with Crippen LogP contribution in [0.15, 0.2) is 35.1 Å². The van der Waals surface area contributed by atoms with Crippen LogP contribution in [-0.4, -0.2) is 29.0 Å². The molecule has 1 aliphatic rings. The van der Waals surface area contributed by atoms with E-state index >= 15 is 0 Å². The summed E-state index contributed by atoms with van der Waals surface area (Å²) in [4.78, 5) is 23.3. The molecule has 1 N–H and O–H groups in total. The molecule has 1 amide bonds. The van der Waals surface area contributed by atoms with Gasteiger partial charge in [-0.2, -0.15) is 0 Å². The number of nitrogens with one attached hydrogen (secondary N) is 1. The molecule has 1 fully saturated rings. The fourth-order valence-electron chi connectivity index (χ4n) is 2.75. The molecule has 6 heteroatoms. The van der Waals surface area contributed by atoms with Crippen LogP contribution in [0.25, 0.3) is 0 Å². The fourth-order valence-corrected chi connectivity index (χ4v) is 3.13. The van der Waals surface area contributed by atoms with E-state index in [0.717, 1.165) is 28.8 Å². The Labute approximate surface area is 150 Å². The maximum absolute atomic E-state index is 12.3. The van der Waals surface area contributed by atoms with E-state index in [0.29, 0.717) is 11.5 Å². The lowest BCUT2D eigenvalue weighted by Crippen LogP contribution is -2.26. The predicted molar refractivity (Wildman–Crippen MR) is 99.5 cm³/mol. The summed E-state index contributed by atoms with van der Waals surface area (Å²) >= 11 is 3.47. The molecule has 0 atom stereocenters. The van der Waals surface area contributed by atoms with E-state index < -0.39 is 0 Å². The van der Waals surface area contributed by atoms with E-state index in [4.69, 9.17) is 0 Å². The zero-order valence-electron chi connectivity index (χ0n) is 13.8. The van der Waals surface area contributed by atoms with Crippen molar-refractivity contribution in [3.8, 4) is 0 Å². The summed E-state index contributed by atoms with van der Waals surface area (Å²) in [6.07, 6.45) is 8.09. The Morgan fingerprint density at radius 1 is 1.12 bits per heavy atom. The number of nitrogens with zero attached hydrogens (tertiary/aromatic N) is 3. The van der Waals surface area contributed by atoms with Gasteiger partial charge in [0.15, 0.2) is 0 Å². The summed E-state index contributed by atoms with van der Waals surface area (Å²) in [7, 11) is 0. The second kappa shape index (κ2) is 7.75. The smallest absolute Gasteiger partial charge is 0.258 e. The van der Waals surface area contributed by atoms with Crippen molar-refractivity contribution in [2.24, 2.45) is 0 Å². The number of benzene rings is 1. The number of hydrogen-bond acceptors (Lipinski definition) is 4. The molecule has 1 aliphatic heterocycles. The van der Waals surface area contributed by atoms with Crippen molar-refractivity contribution in [1.82, 2.24) is 9.97 Å². The molecule has 126 valence electrons. The highest BCUT2D eigenvalue weighted by Crippen LogP contribution is 2.21. The standard InChI is InChI=1S/C18H21BrN4O/c1-13-6-7-15(10-16(13)19)22-17(24)14-11-20-18(21-12-14)23-8-4-2-3-5-9-23/h6-7,10-12H,2-5,8-9H2,1H3,(H,22,24). The number of rotatable bonds is 3. The van der Waals surface area contributed by atoms with E-state index in [2.05, 4.69) is 36.1 Å². The van der Waals surface area contributed by atoms with E-state index in [-0.39, 0.29) is 5.91 Å². The number of aromatic nitrogens is 2. The second-order valence-electron chi connectivity index (χ2n) is 6.09. The lowest BCUT2D eigenvalue weighted by molar-refractivity contribution is 0.102. The second-order valence-corrected chi connectivity index (χ2v) is 6.95. The van der Waals surface area contributed by atoms with Crippen molar-refractivity contribution in [3.05, 3.63) is 46.2 Å². The first-order valence-electron chi connectivity index (χ1n) is 8.28. The molecule has 3 rings (SSSR count). The minimum atomic E-state index is -0.201. The summed E-state index contributed by atoms with van der Waals surface area (Å²) in [5, 5.41) is 2.87. The number of anilines is 2. The Bertz CT molecular complexity index is 709. The highest BCUT2D eigenvalue weighted by Gasteiger charge is 2.14. The third kappa shape index (κ3) is 4.12. The third-order valence-electron chi connectivity index (χ3n) is 4.22. The first kappa shape index (κ1) is 16.9. The molecule has 0 saturated carbocycles. The predicted octanol–water partition coefficient (Wildman–Crippen LogP) is 4.18. The summed E-state index contributed by atoms with van der Waals surface area (Å²) in [5.74, 6) is 0.514. The first-order chi connectivity index (χ1) is 11.6. The van der Waals surface area contributed by atoms with Gasteiger partial charge in [0.1, 0.15) is 0 Å². The van der Waals surface area contributed by atoms with Gasteiger partial charge in [0.2, 0.25) is 5.95 Å². The van der Waals surface area contributed by atoms with Crippen LogP contribution in [-0.2, 0) is 0 Å². The molecule has 1 aromatic heterocycles. The topological polar surface area (TPSA) is 58.1 Å². The van der Waals surface area contributed by atoms with Crippen LogP contribution in [0.2, 0.25) is 0 Å². The van der Waals surface area contributed by atoms with Gasteiger partial charge in [0, 0.05) is 35.6 Å². The van der Waals surface area contributed by atoms with Gasteiger partial charge in [-0.25, -0.2) is 9.97 Å². The summed E-state index contributed by atoms with van der Waals surface area (Å²) < 4.78 is 0.966. The highest BCUT2D eigenvalue weighted by molar-refractivity contribution is 9.10. The molecular weight excluding hydrogens is 368 g/mol. The van der Waals surface area contributed by atoms with Crippen molar-refractivity contribution >= 4 is 33.5 Å². The third-order valence-corrected chi connectivity index (χ3v) is 5.07. The summed E-state index contributed by atoms with van der Waals surface area (Å²) in [6.45, 7) is 3.98. The molecule has 0 unspecified atom stereocenters. The number of halogens is 1. The molecule has 24 heavy (non-hydrogen) atoms. The van der Waals surface area contributed by atoms with E-state index in [1.54, 1.807) is 12.4 Å². The number of hydrogen-bond donors (Lipinski definition) is 1. The van der Waals surface area contributed by atoms with Crippen LogP contribution in [0.3, 0.4) is 0 Å². The minimum absolute atomic E-state index is 0.201. The Morgan fingerprint density at radius 3 is 2.42 bits per heavy atom. The lowest BCUT2D eigenvalue weighted by atomic mass is 10.2. The van der Waals surface area contributed by atoms with Crippen molar-refractivity contribution in [1.29, 1.82) is 0 Å². The zero-order chi connectivity index (χ0) is 16.9. The van der Waals surface area contributed by atoms with Crippen LogP contribution in [0.4, 0.5) is 11.6 Å². The molecule has 2 aromatic rings. The maximum atomic E-state index is 12.3. The molecule has 5 nitrogen and oxygen atoms in total. The van der Waals surface area contributed by atoms with Gasteiger partial charge in [-0.3, -0.25) is 4.79 Å². The van der Waals surface area contributed by atoms with Gasteiger partial charge < -0.3 is 10.2 Å². The van der Waals surface area contributed by atoms with Crippen LogP contribution < -0.4 is 10.2 Å². The molecule has 1 saturated heterocycles. The monoisotopic (exact) mass is 388 g/mol. The van der Waals surface area contributed by atoms with Crippen LogP contribution in [0.1, 0.15) is 41.6 Å². The Morgan fingerprint density at radius 2 is 1.79 bits per heavy atom. The summed E-state index contributed by atoms with van der Waals surface area (Å²) in [5.41, 5.74) is 2.33. The molecule has 0 aliphatic carbocycles. The van der Waals surface area contributed by atoms with Gasteiger partial charge in [-0.05, 0) is 37.5 Å². The zero-order valence-corrected chi connectivity index (χ0v) is 15.3. The minimum Gasteiger partial charge on any atom is -0.341 e. The highest BCUT2D eigenvalue weighted by atomic mass is 79.9. The fraction of sp³-hybridized carbons (Fsp3) is 0.389.